The highest BCUT2D eigenvalue weighted by Gasteiger charge is 2.24. The Bertz CT molecular complexity index is 1470. The van der Waals surface area contributed by atoms with Crippen LogP contribution in [0.15, 0.2) is 59.5 Å². The Morgan fingerprint density at radius 1 is 0.919 bits per heavy atom. The third-order valence-corrected chi connectivity index (χ3v) is 8.75. The molecule has 1 aliphatic heterocycles. The molecule has 0 radical (unpaired) electrons. The minimum absolute atomic E-state index is 0.0147. The number of sulfonamides is 2. The topological polar surface area (TPSA) is 148 Å². The summed E-state index contributed by atoms with van der Waals surface area (Å²) in [6.45, 7) is 4.90. The number of nitrogens with one attached hydrogen (secondary N) is 2. The van der Waals surface area contributed by atoms with E-state index in [4.69, 9.17) is 4.74 Å². The Balaban J connectivity index is 1.38. The van der Waals surface area contributed by atoms with Gasteiger partial charge in [-0.1, -0.05) is 12.1 Å². The first-order valence-corrected chi connectivity index (χ1v) is 14.5. The molecule has 0 aliphatic carbocycles. The molecule has 4 rings (SSSR count). The van der Waals surface area contributed by atoms with Crippen LogP contribution in [0, 0.1) is 13.8 Å². The van der Waals surface area contributed by atoms with Crippen molar-refractivity contribution in [2.75, 3.05) is 36.3 Å². The number of rotatable bonds is 8. The Morgan fingerprint density at radius 3 is 2.11 bits per heavy atom. The molecule has 1 fully saturated rings. The van der Waals surface area contributed by atoms with Crippen LogP contribution in [-0.2, 0) is 30.5 Å². The molecule has 37 heavy (non-hydrogen) atoms. The zero-order valence-corrected chi connectivity index (χ0v) is 22.0. The van der Waals surface area contributed by atoms with Crippen LogP contribution < -0.4 is 10.0 Å². The van der Waals surface area contributed by atoms with Crippen LogP contribution in [-0.4, -0.2) is 63.3 Å². The molecule has 1 aromatic heterocycles. The average Bonchev–Trinajstić information content (AvgIpc) is 2.84. The number of morpholine rings is 1. The molecule has 1 saturated heterocycles. The number of ether oxygens (including phenoxy) is 1. The molecule has 11 nitrogen and oxygen atoms in total. The largest absolute Gasteiger partial charge is 0.379 e. The number of aromatic nitrogens is 2. The standard InChI is InChI=1S/C24H27N5O6S2/c1-17-15-18(2)26-24(25-17)28-37(33,34)22-9-7-21(8-10-22)27-23(30)20-5-3-19(4-6-20)16-36(31,32)29-11-13-35-14-12-29/h3-10,15H,11-14,16H2,1-2H3,(H,27,30)(H,25,26,28). The summed E-state index contributed by atoms with van der Waals surface area (Å²) in [5.74, 6) is -0.595. The van der Waals surface area contributed by atoms with Crippen LogP contribution in [0.4, 0.5) is 11.6 Å². The summed E-state index contributed by atoms with van der Waals surface area (Å²) in [6, 6.07) is 13.7. The maximum Gasteiger partial charge on any atom is 0.264 e. The molecule has 0 unspecified atom stereocenters. The minimum Gasteiger partial charge on any atom is -0.379 e. The number of hydrogen-bond donors (Lipinski definition) is 2. The van der Waals surface area contributed by atoms with Gasteiger partial charge in [-0.25, -0.2) is 31.5 Å². The van der Waals surface area contributed by atoms with Crippen LogP contribution in [0.1, 0.15) is 27.3 Å². The summed E-state index contributed by atoms with van der Waals surface area (Å²) in [6.07, 6.45) is 0. The molecule has 2 N–H and O–H groups in total. The number of carbonyl (C=O) groups excluding carboxylic acids is 1. The van der Waals surface area contributed by atoms with Crippen molar-refractivity contribution in [2.45, 2.75) is 24.5 Å². The first-order chi connectivity index (χ1) is 17.5. The predicted molar refractivity (Wildman–Crippen MR) is 138 cm³/mol. The Morgan fingerprint density at radius 2 is 1.51 bits per heavy atom. The van der Waals surface area contributed by atoms with Gasteiger partial charge in [-0.15, -0.1) is 0 Å². The smallest absolute Gasteiger partial charge is 0.264 e. The summed E-state index contributed by atoms with van der Waals surface area (Å²) < 4.78 is 59.5. The average molecular weight is 546 g/mol. The highest BCUT2D eigenvalue weighted by Crippen LogP contribution is 2.19. The number of hydrogen-bond acceptors (Lipinski definition) is 8. The summed E-state index contributed by atoms with van der Waals surface area (Å²) in [5.41, 5.74) is 2.56. The van der Waals surface area contributed by atoms with Crippen LogP contribution in [0.3, 0.4) is 0 Å². The van der Waals surface area contributed by atoms with E-state index in [-0.39, 0.29) is 16.6 Å². The molecule has 0 bridgehead atoms. The maximum atomic E-state index is 12.7. The number of nitrogens with zero attached hydrogens (tertiary/aromatic N) is 3. The highest BCUT2D eigenvalue weighted by atomic mass is 32.2. The fraction of sp³-hybridized carbons (Fsp3) is 0.292. The number of anilines is 2. The van der Waals surface area contributed by atoms with Gasteiger partial charge in [-0.2, -0.15) is 4.31 Å². The van der Waals surface area contributed by atoms with E-state index < -0.39 is 26.0 Å². The van der Waals surface area contributed by atoms with Crippen molar-refractivity contribution in [1.29, 1.82) is 0 Å². The Labute approximate surface area is 216 Å². The molecule has 0 spiro atoms. The van der Waals surface area contributed by atoms with E-state index >= 15 is 0 Å². The van der Waals surface area contributed by atoms with E-state index in [1.54, 1.807) is 44.2 Å². The molecular formula is C24H27N5O6S2. The summed E-state index contributed by atoms with van der Waals surface area (Å²) >= 11 is 0. The molecule has 0 saturated carbocycles. The first kappa shape index (κ1) is 26.7. The fourth-order valence-corrected chi connectivity index (χ4v) is 6.20. The second-order valence-corrected chi connectivity index (χ2v) is 12.2. The number of aryl methyl sites for hydroxylation is 2. The lowest BCUT2D eigenvalue weighted by atomic mass is 10.1. The Hall–Kier alpha value is -3.39. The van der Waals surface area contributed by atoms with Gasteiger partial charge in [0.05, 0.1) is 23.9 Å². The molecule has 1 amide bonds. The van der Waals surface area contributed by atoms with Crippen molar-refractivity contribution in [3.8, 4) is 0 Å². The Kier molecular flexibility index (Phi) is 7.87. The number of benzene rings is 2. The van der Waals surface area contributed by atoms with Crippen LogP contribution in [0.5, 0.6) is 0 Å². The molecule has 2 heterocycles. The van der Waals surface area contributed by atoms with Gasteiger partial charge in [-0.05, 0) is 61.9 Å². The molecule has 0 atom stereocenters. The summed E-state index contributed by atoms with van der Waals surface area (Å²) in [7, 11) is -7.39. The van der Waals surface area contributed by atoms with Crippen molar-refractivity contribution in [3.05, 3.63) is 77.1 Å². The SMILES string of the molecule is Cc1cc(C)nc(NS(=O)(=O)c2ccc(NC(=O)c3ccc(CS(=O)(=O)N4CCOCC4)cc3)cc2)n1. The van der Waals surface area contributed by atoms with Gasteiger partial charge in [0.1, 0.15) is 0 Å². The third-order valence-electron chi connectivity index (χ3n) is 5.56. The van der Waals surface area contributed by atoms with Gasteiger partial charge in [0.2, 0.25) is 16.0 Å². The second-order valence-electron chi connectivity index (χ2n) is 8.52. The monoisotopic (exact) mass is 545 g/mol. The number of amides is 1. The van der Waals surface area contributed by atoms with Crippen LogP contribution >= 0.6 is 0 Å². The van der Waals surface area contributed by atoms with E-state index in [9.17, 15) is 21.6 Å². The van der Waals surface area contributed by atoms with Gasteiger partial charge in [0.15, 0.2) is 0 Å². The molecule has 13 heteroatoms. The van der Waals surface area contributed by atoms with Crippen molar-refractivity contribution in [2.24, 2.45) is 0 Å². The zero-order chi connectivity index (χ0) is 26.6. The van der Waals surface area contributed by atoms with E-state index in [1.807, 2.05) is 0 Å². The lowest BCUT2D eigenvalue weighted by Crippen LogP contribution is -2.41. The summed E-state index contributed by atoms with van der Waals surface area (Å²) in [4.78, 5) is 20.8. The van der Waals surface area contributed by atoms with Gasteiger partial charge >= 0.3 is 0 Å². The second kappa shape index (κ2) is 10.9. The molecule has 3 aromatic rings. The van der Waals surface area contributed by atoms with Gasteiger partial charge in [0, 0.05) is 35.7 Å². The third kappa shape index (κ3) is 6.89. The normalized spacial score (nSPS) is 14.8. The van der Waals surface area contributed by atoms with E-state index in [0.29, 0.717) is 54.5 Å². The van der Waals surface area contributed by atoms with Gasteiger partial charge < -0.3 is 10.1 Å². The lowest BCUT2D eigenvalue weighted by molar-refractivity contribution is 0.0729. The summed E-state index contributed by atoms with van der Waals surface area (Å²) in [5, 5.41) is 2.70. The van der Waals surface area contributed by atoms with Crippen LogP contribution in [0.2, 0.25) is 0 Å². The van der Waals surface area contributed by atoms with E-state index in [1.165, 1.54) is 28.6 Å². The highest BCUT2D eigenvalue weighted by molar-refractivity contribution is 7.92. The van der Waals surface area contributed by atoms with E-state index in [0.717, 1.165) is 0 Å². The van der Waals surface area contributed by atoms with Gasteiger partial charge in [-0.3, -0.25) is 4.79 Å². The maximum absolute atomic E-state index is 12.7. The van der Waals surface area contributed by atoms with Crippen molar-refractivity contribution in [3.63, 3.8) is 0 Å². The van der Waals surface area contributed by atoms with Gasteiger partial charge in [0.25, 0.3) is 15.9 Å². The van der Waals surface area contributed by atoms with Crippen LogP contribution in [0.25, 0.3) is 0 Å². The van der Waals surface area contributed by atoms with Crippen molar-refractivity contribution in [1.82, 2.24) is 14.3 Å². The predicted octanol–water partition coefficient (Wildman–Crippen LogP) is 2.31. The molecule has 1 aliphatic rings. The zero-order valence-electron chi connectivity index (χ0n) is 20.3. The van der Waals surface area contributed by atoms with Crippen molar-refractivity contribution < 1.29 is 26.4 Å². The molecule has 196 valence electrons. The van der Waals surface area contributed by atoms with E-state index in [2.05, 4.69) is 20.0 Å². The first-order valence-electron chi connectivity index (χ1n) is 11.4. The molecule has 2 aromatic carbocycles. The quantitative estimate of drug-likeness (QED) is 0.438. The molecular weight excluding hydrogens is 518 g/mol. The van der Waals surface area contributed by atoms with Crippen molar-refractivity contribution >= 4 is 37.6 Å². The number of carbonyl (C=O) groups is 1. The lowest BCUT2D eigenvalue weighted by Gasteiger charge is -2.26. The fourth-order valence-electron chi connectivity index (χ4n) is 3.75. The minimum atomic E-state index is -3.92.